The third-order valence-corrected chi connectivity index (χ3v) is 7.50. The number of carbonyl (C=O) groups excluding carboxylic acids is 4. The number of esters is 1. The average Bonchev–Trinajstić information content (AvgIpc) is 3.28. The largest absolute Gasteiger partial charge is 0.458 e. The van der Waals surface area contributed by atoms with Crippen LogP contribution in [0, 0.1) is 0 Å². The normalized spacial score (nSPS) is 16.0. The van der Waals surface area contributed by atoms with Crippen LogP contribution in [-0.2, 0) is 28.6 Å². The molecule has 0 aromatic heterocycles. The van der Waals surface area contributed by atoms with Gasteiger partial charge in [0, 0.05) is 31.5 Å². The van der Waals surface area contributed by atoms with Crippen molar-refractivity contribution in [2.45, 2.75) is 96.5 Å². The van der Waals surface area contributed by atoms with E-state index < -0.39 is 35.4 Å². The van der Waals surface area contributed by atoms with Crippen molar-refractivity contribution in [3.05, 3.63) is 65.4 Å². The fourth-order valence-electron chi connectivity index (χ4n) is 5.74. The van der Waals surface area contributed by atoms with Gasteiger partial charge in [0.2, 0.25) is 0 Å². The maximum absolute atomic E-state index is 13.2. The summed E-state index contributed by atoms with van der Waals surface area (Å²) < 4.78 is 16.3. The summed E-state index contributed by atoms with van der Waals surface area (Å²) in [6.45, 7) is 11.3. The van der Waals surface area contributed by atoms with E-state index in [0.717, 1.165) is 22.3 Å². The van der Waals surface area contributed by atoms with Crippen LogP contribution in [0.3, 0.4) is 0 Å². The van der Waals surface area contributed by atoms with E-state index in [0.29, 0.717) is 32.4 Å². The molecule has 2 aromatic carbocycles. The Balaban J connectivity index is 1.41. The molecule has 0 unspecified atom stereocenters. The molecule has 11 nitrogen and oxygen atoms in total. The topological polar surface area (TPSA) is 132 Å². The van der Waals surface area contributed by atoms with Gasteiger partial charge >= 0.3 is 18.2 Å². The lowest BCUT2D eigenvalue weighted by Gasteiger charge is -2.31. The predicted molar refractivity (Wildman–Crippen MR) is 171 cm³/mol. The number of hydrogen-bond acceptors (Lipinski definition) is 9. The highest BCUT2D eigenvalue weighted by atomic mass is 16.7. The average molecular weight is 636 g/mol. The Labute approximate surface area is 270 Å². The van der Waals surface area contributed by atoms with Crippen LogP contribution < -0.4 is 10.6 Å². The van der Waals surface area contributed by atoms with E-state index in [1.165, 1.54) is 0 Å². The Morgan fingerprint density at radius 2 is 1.43 bits per heavy atom. The molecule has 2 aliphatic rings. The van der Waals surface area contributed by atoms with Gasteiger partial charge in [-0.2, -0.15) is 0 Å². The van der Waals surface area contributed by atoms with Crippen molar-refractivity contribution in [3.8, 4) is 11.1 Å². The molecule has 0 saturated carbocycles. The van der Waals surface area contributed by atoms with Crippen LogP contribution in [0.25, 0.3) is 11.1 Å². The molecule has 1 saturated heterocycles. The predicted octanol–water partition coefficient (Wildman–Crippen LogP) is 5.65. The number of ether oxygens (including phenoxy) is 3. The van der Waals surface area contributed by atoms with Gasteiger partial charge in [0.25, 0.3) is 0 Å². The summed E-state index contributed by atoms with van der Waals surface area (Å²) in [5, 5.41) is 6.97. The number of fused-ring (bicyclic) bond motifs is 3. The highest BCUT2D eigenvalue weighted by Crippen LogP contribution is 2.46. The number of hydrogen-bond donors (Lipinski definition) is 2. The first kappa shape index (κ1) is 34.7. The van der Waals surface area contributed by atoms with Gasteiger partial charge < -0.3 is 24.4 Å². The minimum Gasteiger partial charge on any atom is -0.458 e. The zero-order valence-electron chi connectivity index (χ0n) is 27.5. The van der Waals surface area contributed by atoms with E-state index >= 15 is 0 Å². The molecule has 1 atom stereocenters. The van der Waals surface area contributed by atoms with Crippen molar-refractivity contribution >= 4 is 24.1 Å². The Bertz CT molecular complexity index is 1400. The number of piperidine rings is 1. The summed E-state index contributed by atoms with van der Waals surface area (Å²) in [5.74, 6) is 1.32. The summed E-state index contributed by atoms with van der Waals surface area (Å²) in [4.78, 5) is 55.3. The first-order chi connectivity index (χ1) is 21.7. The van der Waals surface area contributed by atoms with Crippen LogP contribution in [-0.4, -0.2) is 72.2 Å². The van der Waals surface area contributed by atoms with Crippen molar-refractivity contribution in [2.75, 3.05) is 19.7 Å². The number of carbonyl (C=O) groups is 3. The number of nitrogens with zero attached hydrogens (tertiary/aromatic N) is 1. The van der Waals surface area contributed by atoms with E-state index in [1.54, 1.807) is 46.6 Å². The van der Waals surface area contributed by atoms with Crippen molar-refractivity contribution in [3.63, 3.8) is 0 Å². The van der Waals surface area contributed by atoms with E-state index in [-0.39, 0.29) is 30.7 Å². The second-order valence-corrected chi connectivity index (χ2v) is 13.6. The highest BCUT2D eigenvalue weighted by molar-refractivity contribution is 5.79. The molecule has 0 bridgehead atoms. The second-order valence-electron chi connectivity index (χ2n) is 13.6. The summed E-state index contributed by atoms with van der Waals surface area (Å²) >= 11 is 0. The summed E-state index contributed by atoms with van der Waals surface area (Å²) in [6.07, 6.45) is -0.0602. The van der Waals surface area contributed by atoms with Crippen LogP contribution in [0.2, 0.25) is 0 Å². The number of rotatable bonds is 10. The molecule has 1 fully saturated rings. The SMILES string of the molecule is CC(C)(C)OC(=O)COC1CCN(OC(=O)N[C@H](CC(=C=O)NC(=O)OC(C)(C)C)CC2c3ccccc3-c3ccccc32)CC1. The van der Waals surface area contributed by atoms with Gasteiger partial charge in [0.05, 0.1) is 6.10 Å². The molecule has 11 heteroatoms. The van der Waals surface area contributed by atoms with Gasteiger partial charge in [-0.25, -0.2) is 19.2 Å². The van der Waals surface area contributed by atoms with Crippen molar-refractivity contribution < 1.29 is 38.2 Å². The summed E-state index contributed by atoms with van der Waals surface area (Å²) in [6, 6.07) is 15.6. The van der Waals surface area contributed by atoms with Crippen molar-refractivity contribution in [1.29, 1.82) is 0 Å². The Morgan fingerprint density at radius 1 is 0.870 bits per heavy atom. The second kappa shape index (κ2) is 14.9. The molecule has 2 aromatic rings. The molecule has 0 radical (unpaired) electrons. The van der Waals surface area contributed by atoms with Crippen LogP contribution in [0.1, 0.15) is 84.3 Å². The lowest BCUT2D eigenvalue weighted by molar-refractivity contribution is -0.167. The lowest BCUT2D eigenvalue weighted by atomic mass is 9.89. The molecular formula is C35H45N3O8. The molecule has 1 heterocycles. The maximum Gasteiger partial charge on any atom is 0.426 e. The van der Waals surface area contributed by atoms with Gasteiger partial charge in [-0.05, 0) is 83.1 Å². The highest BCUT2D eigenvalue weighted by Gasteiger charge is 2.32. The molecule has 2 N–H and O–H groups in total. The first-order valence-electron chi connectivity index (χ1n) is 15.7. The molecule has 4 rings (SSSR count). The minimum atomic E-state index is -0.777. The fourth-order valence-corrected chi connectivity index (χ4v) is 5.74. The summed E-state index contributed by atoms with van der Waals surface area (Å²) in [5.41, 5.74) is 3.11. The number of amides is 2. The van der Waals surface area contributed by atoms with Gasteiger partial charge in [0.15, 0.2) is 0 Å². The van der Waals surface area contributed by atoms with Crippen LogP contribution in [0.5, 0.6) is 0 Å². The van der Waals surface area contributed by atoms with Crippen molar-refractivity contribution in [2.24, 2.45) is 0 Å². The first-order valence-corrected chi connectivity index (χ1v) is 15.7. The Hall–Kier alpha value is -4.18. The van der Waals surface area contributed by atoms with E-state index in [9.17, 15) is 19.2 Å². The maximum atomic E-state index is 13.2. The monoisotopic (exact) mass is 635 g/mol. The molecule has 0 spiro atoms. The number of nitrogens with one attached hydrogen (secondary N) is 2. The number of hydroxylamine groups is 2. The Morgan fingerprint density at radius 3 is 1.98 bits per heavy atom. The molecule has 46 heavy (non-hydrogen) atoms. The molecule has 1 aliphatic carbocycles. The number of benzene rings is 2. The molecule has 2 amide bonds. The smallest absolute Gasteiger partial charge is 0.426 e. The number of alkyl carbamates (subject to hydrolysis) is 1. The van der Waals surface area contributed by atoms with Crippen LogP contribution in [0.4, 0.5) is 9.59 Å². The van der Waals surface area contributed by atoms with Gasteiger partial charge in [-0.3, -0.25) is 5.32 Å². The molecular weight excluding hydrogens is 590 g/mol. The molecule has 248 valence electrons. The zero-order chi connectivity index (χ0) is 33.5. The van der Waals surface area contributed by atoms with E-state index in [1.807, 2.05) is 30.2 Å². The third kappa shape index (κ3) is 10.2. The minimum absolute atomic E-state index is 0.000738. The third-order valence-electron chi connectivity index (χ3n) is 7.50. The molecule has 1 aliphatic heterocycles. The van der Waals surface area contributed by atoms with E-state index in [4.69, 9.17) is 19.0 Å². The Kier molecular flexibility index (Phi) is 11.3. The quantitative estimate of drug-likeness (QED) is 0.251. The van der Waals surface area contributed by atoms with Crippen molar-refractivity contribution in [1.82, 2.24) is 15.7 Å². The van der Waals surface area contributed by atoms with Crippen LogP contribution >= 0.6 is 0 Å². The van der Waals surface area contributed by atoms with Gasteiger partial charge in [-0.15, -0.1) is 5.06 Å². The summed E-state index contributed by atoms with van der Waals surface area (Å²) in [7, 11) is 0. The van der Waals surface area contributed by atoms with Crippen LogP contribution in [0.15, 0.2) is 54.2 Å². The van der Waals surface area contributed by atoms with Gasteiger partial charge in [0.1, 0.15) is 29.4 Å². The lowest BCUT2D eigenvalue weighted by Crippen LogP contribution is -2.44. The zero-order valence-corrected chi connectivity index (χ0v) is 27.5. The van der Waals surface area contributed by atoms with E-state index in [2.05, 4.69) is 34.9 Å². The standard InChI is InChI=1S/C35H45N3O8/c1-34(2,3)44-31(40)22-43-25-15-17-38(18-16-25)46-33(42)36-23(19-24(21-39)37-32(41)45-35(4,5)6)20-30-28-13-9-7-11-26(28)27-12-8-10-14-29(27)30/h7-14,23,25,30H,15-20,22H2,1-6H3,(H,36,42)(H,37,41)/t23-/m1/s1. The fraction of sp³-hybridized carbons (Fsp3) is 0.514. The van der Waals surface area contributed by atoms with Gasteiger partial charge in [-0.1, -0.05) is 48.5 Å².